The second kappa shape index (κ2) is 17.2. The molecule has 5 rings (SSSR count). The summed E-state index contributed by atoms with van der Waals surface area (Å²) in [6, 6.07) is 9.66. The Bertz CT molecular complexity index is 1020. The standard InChI is InChI=1S/C24H39N5O2.C8H10.CH2O/c1-26-13-12-25-24(26)22-9-5-8-21(29(22)18-19-30)10-11-23(31)28-16-14-27(15-17-28)20-6-3-2-4-7-20;1-7-3-5-8(2)6-4-7;1-2/h12-13,19-22H,2-11,14-18H2,1H3;3-6H,1-2H3;1H2. The summed E-state index contributed by atoms with van der Waals surface area (Å²) < 4.78 is 2.06. The van der Waals surface area contributed by atoms with Gasteiger partial charge in [-0.2, -0.15) is 0 Å². The molecule has 1 saturated carbocycles. The van der Waals surface area contributed by atoms with Gasteiger partial charge in [-0.1, -0.05) is 54.7 Å². The van der Waals surface area contributed by atoms with E-state index in [0.717, 1.165) is 70.0 Å². The van der Waals surface area contributed by atoms with Crippen molar-refractivity contribution in [1.29, 1.82) is 0 Å². The lowest BCUT2D eigenvalue weighted by Gasteiger charge is -2.42. The minimum absolute atomic E-state index is 0.165. The van der Waals surface area contributed by atoms with Crippen LogP contribution in [-0.2, 0) is 21.4 Å². The molecule has 3 aliphatic rings. The highest BCUT2D eigenvalue weighted by molar-refractivity contribution is 5.76. The first kappa shape index (κ1) is 32.7. The van der Waals surface area contributed by atoms with E-state index in [1.165, 1.54) is 43.2 Å². The number of nitrogens with zero attached hydrogens (tertiary/aromatic N) is 5. The molecule has 1 aromatic heterocycles. The lowest BCUT2D eigenvalue weighted by atomic mass is 9.91. The molecule has 1 aromatic carbocycles. The van der Waals surface area contributed by atoms with Crippen molar-refractivity contribution < 1.29 is 14.4 Å². The zero-order valence-electron chi connectivity index (χ0n) is 25.5. The van der Waals surface area contributed by atoms with Crippen LogP contribution in [-0.4, -0.2) is 88.0 Å². The van der Waals surface area contributed by atoms with Crippen LogP contribution in [0.15, 0.2) is 36.7 Å². The van der Waals surface area contributed by atoms with Gasteiger partial charge in [0.15, 0.2) is 0 Å². The number of hydrogen-bond donors (Lipinski definition) is 0. The maximum Gasteiger partial charge on any atom is 0.222 e. The van der Waals surface area contributed by atoms with E-state index in [1.807, 2.05) is 26.2 Å². The molecule has 3 heterocycles. The minimum atomic E-state index is 0.165. The van der Waals surface area contributed by atoms with Crippen LogP contribution in [0, 0.1) is 13.8 Å². The average molecular weight is 566 g/mol. The zero-order chi connectivity index (χ0) is 29.6. The van der Waals surface area contributed by atoms with Crippen LogP contribution in [0.2, 0.25) is 0 Å². The summed E-state index contributed by atoms with van der Waals surface area (Å²) in [5.74, 6) is 1.31. The van der Waals surface area contributed by atoms with Gasteiger partial charge in [-0.05, 0) is 52.4 Å². The summed E-state index contributed by atoms with van der Waals surface area (Å²) in [6.07, 6.45) is 16.2. The first-order valence-corrected chi connectivity index (χ1v) is 15.5. The molecule has 0 radical (unpaired) electrons. The fourth-order valence-corrected chi connectivity index (χ4v) is 6.65. The fourth-order valence-electron chi connectivity index (χ4n) is 6.65. The summed E-state index contributed by atoms with van der Waals surface area (Å²) in [6.45, 7) is 10.4. The first-order chi connectivity index (χ1) is 20.0. The molecule has 0 N–H and O–H groups in total. The Labute approximate surface area is 247 Å². The van der Waals surface area contributed by atoms with E-state index in [2.05, 4.69) is 62.4 Å². The molecule has 8 nitrogen and oxygen atoms in total. The third-order valence-corrected chi connectivity index (χ3v) is 8.99. The van der Waals surface area contributed by atoms with Gasteiger partial charge in [-0.25, -0.2) is 4.98 Å². The number of piperidine rings is 1. The minimum Gasteiger partial charge on any atom is -0.340 e. The number of likely N-dealkylation sites (tertiary alicyclic amines) is 1. The molecule has 226 valence electrons. The normalized spacial score (nSPS) is 22.2. The van der Waals surface area contributed by atoms with Gasteiger partial charge in [0.2, 0.25) is 5.91 Å². The molecule has 2 saturated heterocycles. The molecule has 2 unspecified atom stereocenters. The lowest BCUT2D eigenvalue weighted by Crippen LogP contribution is -2.52. The molecule has 0 bridgehead atoms. The summed E-state index contributed by atoms with van der Waals surface area (Å²) >= 11 is 0. The quantitative estimate of drug-likeness (QED) is 0.445. The summed E-state index contributed by atoms with van der Waals surface area (Å²) in [7, 11) is 2.02. The molecule has 1 aliphatic carbocycles. The van der Waals surface area contributed by atoms with E-state index < -0.39 is 0 Å². The fraction of sp³-hybridized carbons (Fsp3) is 0.636. The van der Waals surface area contributed by atoms with Crippen LogP contribution < -0.4 is 0 Å². The second-order valence-corrected chi connectivity index (χ2v) is 11.8. The number of carbonyl (C=O) groups is 3. The number of aryl methyl sites for hydroxylation is 3. The maximum atomic E-state index is 13.0. The summed E-state index contributed by atoms with van der Waals surface area (Å²) in [5.41, 5.74) is 2.66. The monoisotopic (exact) mass is 565 g/mol. The number of rotatable bonds is 7. The Morgan fingerprint density at radius 1 is 0.927 bits per heavy atom. The molecule has 2 aromatic rings. The predicted molar refractivity (Wildman–Crippen MR) is 164 cm³/mol. The molecule has 1 amide bonds. The van der Waals surface area contributed by atoms with Gasteiger partial charge in [0.05, 0.1) is 12.6 Å². The summed E-state index contributed by atoms with van der Waals surface area (Å²) in [4.78, 5) is 43.9. The van der Waals surface area contributed by atoms with Crippen molar-refractivity contribution in [3.8, 4) is 0 Å². The second-order valence-electron chi connectivity index (χ2n) is 11.8. The Morgan fingerprint density at radius 3 is 2.12 bits per heavy atom. The summed E-state index contributed by atoms with van der Waals surface area (Å²) in [5, 5.41) is 0. The maximum absolute atomic E-state index is 13.0. The van der Waals surface area contributed by atoms with E-state index in [0.29, 0.717) is 13.0 Å². The van der Waals surface area contributed by atoms with Crippen molar-refractivity contribution in [3.63, 3.8) is 0 Å². The van der Waals surface area contributed by atoms with Crippen LogP contribution >= 0.6 is 0 Å². The van der Waals surface area contributed by atoms with Crippen LogP contribution in [0.3, 0.4) is 0 Å². The van der Waals surface area contributed by atoms with E-state index in [4.69, 9.17) is 4.79 Å². The van der Waals surface area contributed by atoms with Crippen molar-refractivity contribution >= 4 is 19.0 Å². The van der Waals surface area contributed by atoms with Gasteiger partial charge >= 0.3 is 0 Å². The molecule has 0 spiro atoms. The average Bonchev–Trinajstić information content (AvgIpc) is 3.45. The third-order valence-electron chi connectivity index (χ3n) is 8.99. The van der Waals surface area contributed by atoms with Crippen molar-refractivity contribution in [3.05, 3.63) is 53.6 Å². The highest BCUT2D eigenvalue weighted by atomic mass is 16.2. The van der Waals surface area contributed by atoms with Gasteiger partial charge in [-0.15, -0.1) is 0 Å². The van der Waals surface area contributed by atoms with Gasteiger partial charge in [0.25, 0.3) is 0 Å². The number of carbonyl (C=O) groups excluding carboxylic acids is 3. The topological polar surface area (TPSA) is 78.8 Å². The van der Waals surface area contributed by atoms with E-state index in [1.54, 1.807) is 0 Å². The van der Waals surface area contributed by atoms with Crippen molar-refractivity contribution in [1.82, 2.24) is 24.3 Å². The Hall–Kier alpha value is -2.84. The third kappa shape index (κ3) is 9.60. The Kier molecular flexibility index (Phi) is 13.7. The molecule has 2 aliphatic heterocycles. The number of amides is 1. The predicted octanol–water partition coefficient (Wildman–Crippen LogP) is 4.89. The van der Waals surface area contributed by atoms with Crippen LogP contribution in [0.1, 0.15) is 87.2 Å². The van der Waals surface area contributed by atoms with Crippen LogP contribution in [0.4, 0.5) is 0 Å². The number of piperazine rings is 1. The molecule has 2 atom stereocenters. The Balaban J connectivity index is 0.000000394. The van der Waals surface area contributed by atoms with Gasteiger partial charge in [0, 0.05) is 64.1 Å². The van der Waals surface area contributed by atoms with Gasteiger partial charge in [0.1, 0.15) is 18.9 Å². The van der Waals surface area contributed by atoms with Crippen LogP contribution in [0.5, 0.6) is 0 Å². The highest BCUT2D eigenvalue weighted by Crippen LogP contribution is 2.35. The molecular weight excluding hydrogens is 514 g/mol. The van der Waals surface area contributed by atoms with Gasteiger partial charge in [-0.3, -0.25) is 14.6 Å². The van der Waals surface area contributed by atoms with Crippen molar-refractivity contribution in [2.24, 2.45) is 7.05 Å². The molecule has 3 fully saturated rings. The van der Waals surface area contributed by atoms with Crippen molar-refractivity contribution in [2.45, 2.75) is 96.2 Å². The van der Waals surface area contributed by atoms with E-state index in [9.17, 15) is 9.59 Å². The molecule has 8 heteroatoms. The smallest absolute Gasteiger partial charge is 0.222 e. The molecular formula is C33H51N5O3. The van der Waals surface area contributed by atoms with Gasteiger partial charge < -0.3 is 19.1 Å². The van der Waals surface area contributed by atoms with Crippen molar-refractivity contribution in [2.75, 3.05) is 32.7 Å². The first-order valence-electron chi connectivity index (χ1n) is 15.5. The van der Waals surface area contributed by atoms with E-state index >= 15 is 0 Å². The number of aromatic nitrogens is 2. The number of aldehydes is 1. The largest absolute Gasteiger partial charge is 0.340 e. The highest BCUT2D eigenvalue weighted by Gasteiger charge is 2.34. The SMILES string of the molecule is C=O.Cc1ccc(C)cc1.Cn1ccnc1C1CCCC(CCC(=O)N2CCN(C3CCCCC3)CC2)N1CC=O. The Morgan fingerprint density at radius 2 is 1.56 bits per heavy atom. The number of benzene rings is 1. The van der Waals surface area contributed by atoms with Crippen LogP contribution in [0.25, 0.3) is 0 Å². The zero-order valence-corrected chi connectivity index (χ0v) is 25.5. The lowest BCUT2D eigenvalue weighted by molar-refractivity contribution is -0.134. The molecule has 41 heavy (non-hydrogen) atoms. The number of hydrogen-bond acceptors (Lipinski definition) is 6. The number of imidazole rings is 1. The van der Waals surface area contributed by atoms with E-state index in [-0.39, 0.29) is 18.0 Å².